The summed E-state index contributed by atoms with van der Waals surface area (Å²) in [6, 6.07) is 88.9. The van der Waals surface area contributed by atoms with E-state index in [0.29, 0.717) is 34.9 Å². The Morgan fingerprint density at radius 2 is 0.500 bits per heavy atom. The van der Waals surface area contributed by atoms with Gasteiger partial charge < -0.3 is 0 Å². The molecule has 0 amide bonds. The molecule has 0 saturated carbocycles. The summed E-state index contributed by atoms with van der Waals surface area (Å²) in [6.45, 7) is 0. The van der Waals surface area contributed by atoms with Crippen LogP contribution in [-0.2, 0) is 0 Å². The van der Waals surface area contributed by atoms with E-state index < -0.39 is 0 Å². The highest BCUT2D eigenvalue weighted by molar-refractivity contribution is 5.86. The third-order valence-electron chi connectivity index (χ3n) is 15.5. The largest absolute Gasteiger partial charge is 0.256 e. The molecule has 374 valence electrons. The molecule has 8 nitrogen and oxygen atoms in total. The molecule has 9 aromatic carbocycles. The minimum atomic E-state index is 0.0312. The molecule has 3 aliphatic carbocycles. The molecule has 2 bridgehead atoms. The van der Waals surface area contributed by atoms with E-state index in [0.717, 1.165) is 78.1 Å². The molecular formula is C72H46N8. The smallest absolute Gasteiger partial charge is 0.164 e. The van der Waals surface area contributed by atoms with E-state index in [9.17, 15) is 0 Å². The lowest BCUT2D eigenvalue weighted by molar-refractivity contribution is 0.755. The van der Waals surface area contributed by atoms with Gasteiger partial charge in [-0.3, -0.25) is 9.97 Å². The number of aromatic nitrogens is 8. The Kier molecular flexibility index (Phi) is 11.5. The molecule has 4 aromatic heterocycles. The minimum Gasteiger partial charge on any atom is -0.256 e. The quantitative estimate of drug-likeness (QED) is 0.133. The highest BCUT2D eigenvalue weighted by atomic mass is 15.0. The molecule has 0 aliphatic heterocycles. The van der Waals surface area contributed by atoms with Crippen molar-refractivity contribution < 1.29 is 0 Å². The number of nitrogens with zero attached hydrogens (tertiary/aromatic N) is 8. The van der Waals surface area contributed by atoms with Crippen LogP contribution in [0.3, 0.4) is 0 Å². The van der Waals surface area contributed by atoms with Gasteiger partial charge in [-0.25, -0.2) is 29.9 Å². The second-order valence-electron chi connectivity index (χ2n) is 20.2. The van der Waals surface area contributed by atoms with Gasteiger partial charge in [0.15, 0.2) is 34.9 Å². The summed E-state index contributed by atoms with van der Waals surface area (Å²) in [5, 5.41) is 0. The second-order valence-corrected chi connectivity index (χ2v) is 20.2. The van der Waals surface area contributed by atoms with Crippen LogP contribution in [0, 0.1) is 0 Å². The Morgan fingerprint density at radius 1 is 0.200 bits per heavy atom. The van der Waals surface area contributed by atoms with Gasteiger partial charge in [0, 0.05) is 68.7 Å². The monoisotopic (exact) mass is 1020 g/mol. The maximum absolute atomic E-state index is 5.23. The SMILES string of the molecule is c1ccc(-c2nc(-c3ccc(-c4ccccn4)cc3)nc(-c3ccccc3-c3ccc4c(c3)C3c5ccccc5C4c4cc(-c5ccccc5-c5nc(-c6ccccc6)nc(-c6ccc(-c7ccccn7)cc6)n5)ccc43)n2)cc1. The van der Waals surface area contributed by atoms with Crippen LogP contribution in [0.15, 0.2) is 267 Å². The molecule has 0 radical (unpaired) electrons. The van der Waals surface area contributed by atoms with Crippen LogP contribution < -0.4 is 0 Å². The van der Waals surface area contributed by atoms with Crippen molar-refractivity contribution in [3.8, 4) is 113 Å². The van der Waals surface area contributed by atoms with Gasteiger partial charge in [-0.05, 0) is 92.0 Å². The first-order chi connectivity index (χ1) is 39.6. The molecule has 3 aliphatic rings. The lowest BCUT2D eigenvalue weighted by Gasteiger charge is -2.42. The van der Waals surface area contributed by atoms with E-state index in [1.165, 1.54) is 33.4 Å². The van der Waals surface area contributed by atoms with E-state index in [1.54, 1.807) is 0 Å². The fourth-order valence-corrected chi connectivity index (χ4v) is 11.7. The van der Waals surface area contributed by atoms with Crippen LogP contribution in [0.2, 0.25) is 0 Å². The Bertz CT molecular complexity index is 4170. The van der Waals surface area contributed by atoms with Crippen molar-refractivity contribution in [1.82, 2.24) is 39.9 Å². The Morgan fingerprint density at radius 3 is 0.887 bits per heavy atom. The molecule has 80 heavy (non-hydrogen) atoms. The standard InChI is InChI=1S/C72H46N8/c1-3-17-47(18-4-1)67-75-69(49-33-29-45(30-34-49)63-27-13-15-41-73-63)79-71(77-67)59-25-11-7-21-53(59)51-37-39-57-61(43-51)65-55-23-9-10-24-56(55)66(57)62-44-52(38-40-58(62)65)54-22-8-12-26-60(54)72-78-68(48-19-5-2-6-20-48)76-70(80-72)50-35-31-46(32-36-50)64-28-14-16-42-74-64/h1-44,65-66H. The molecule has 4 heterocycles. The number of benzene rings is 9. The van der Waals surface area contributed by atoms with Crippen LogP contribution >= 0.6 is 0 Å². The maximum atomic E-state index is 5.23. The van der Waals surface area contributed by atoms with Crippen molar-refractivity contribution in [2.24, 2.45) is 0 Å². The van der Waals surface area contributed by atoms with Gasteiger partial charge in [-0.1, -0.05) is 218 Å². The van der Waals surface area contributed by atoms with Crippen molar-refractivity contribution >= 4 is 0 Å². The number of hydrogen-bond acceptors (Lipinski definition) is 8. The third-order valence-corrected chi connectivity index (χ3v) is 15.5. The van der Waals surface area contributed by atoms with Gasteiger partial charge in [-0.15, -0.1) is 0 Å². The van der Waals surface area contributed by atoms with Crippen LogP contribution in [0.4, 0.5) is 0 Å². The summed E-state index contributed by atoms with van der Waals surface area (Å²) in [7, 11) is 0. The van der Waals surface area contributed by atoms with E-state index in [2.05, 4.69) is 168 Å². The van der Waals surface area contributed by atoms with Crippen molar-refractivity contribution in [3.63, 3.8) is 0 Å². The number of rotatable bonds is 10. The summed E-state index contributed by atoms with van der Waals surface area (Å²) in [4.78, 5) is 40.1. The first-order valence-corrected chi connectivity index (χ1v) is 26.9. The first-order valence-electron chi connectivity index (χ1n) is 26.9. The molecule has 2 atom stereocenters. The van der Waals surface area contributed by atoms with Gasteiger partial charge in [0.2, 0.25) is 0 Å². The number of pyridine rings is 2. The van der Waals surface area contributed by atoms with Gasteiger partial charge >= 0.3 is 0 Å². The van der Waals surface area contributed by atoms with Crippen LogP contribution in [0.25, 0.3) is 113 Å². The fraction of sp³-hybridized carbons (Fsp3) is 0.0278. The zero-order valence-electron chi connectivity index (χ0n) is 43.1. The van der Waals surface area contributed by atoms with E-state index in [-0.39, 0.29) is 11.8 Å². The van der Waals surface area contributed by atoms with Crippen molar-refractivity contribution in [1.29, 1.82) is 0 Å². The molecule has 16 rings (SSSR count). The van der Waals surface area contributed by atoms with Crippen molar-refractivity contribution in [2.45, 2.75) is 11.8 Å². The third kappa shape index (κ3) is 8.34. The summed E-state index contributed by atoms with van der Waals surface area (Å²) >= 11 is 0. The van der Waals surface area contributed by atoms with Crippen LogP contribution in [0.1, 0.15) is 45.2 Å². The molecule has 13 aromatic rings. The maximum Gasteiger partial charge on any atom is 0.164 e. The Balaban J connectivity index is 0.809. The topological polar surface area (TPSA) is 103 Å². The summed E-state index contributed by atoms with van der Waals surface area (Å²) in [6.07, 6.45) is 3.63. The minimum absolute atomic E-state index is 0.0312. The highest BCUT2D eigenvalue weighted by Gasteiger charge is 2.41. The highest BCUT2D eigenvalue weighted by Crippen LogP contribution is 2.57. The average Bonchev–Trinajstić information content (AvgIpc) is 3.71. The van der Waals surface area contributed by atoms with Crippen molar-refractivity contribution in [2.75, 3.05) is 0 Å². The lowest BCUT2D eigenvalue weighted by Crippen LogP contribution is -2.27. The normalized spacial score (nSPS) is 13.8. The van der Waals surface area contributed by atoms with E-state index >= 15 is 0 Å². The second kappa shape index (κ2) is 19.7. The Labute approximate surface area is 463 Å². The van der Waals surface area contributed by atoms with Gasteiger partial charge in [0.25, 0.3) is 0 Å². The molecule has 0 fully saturated rings. The zero-order valence-corrected chi connectivity index (χ0v) is 43.1. The Hall–Kier alpha value is -10.7. The molecule has 2 unspecified atom stereocenters. The number of hydrogen-bond donors (Lipinski definition) is 0. The van der Waals surface area contributed by atoms with E-state index in [1.807, 2.05) is 109 Å². The molecule has 0 saturated heterocycles. The molecular weight excluding hydrogens is 977 g/mol. The van der Waals surface area contributed by atoms with Gasteiger partial charge in [0.1, 0.15) is 0 Å². The predicted molar refractivity (Wildman–Crippen MR) is 318 cm³/mol. The molecule has 0 N–H and O–H groups in total. The van der Waals surface area contributed by atoms with Crippen molar-refractivity contribution in [3.05, 3.63) is 301 Å². The van der Waals surface area contributed by atoms with Crippen LogP contribution in [0.5, 0.6) is 0 Å². The summed E-state index contributed by atoms with van der Waals surface area (Å²) in [5.74, 6) is 3.73. The first kappa shape index (κ1) is 46.6. The summed E-state index contributed by atoms with van der Waals surface area (Å²) < 4.78 is 0. The zero-order chi connectivity index (χ0) is 52.9. The predicted octanol–water partition coefficient (Wildman–Crippen LogP) is 16.5. The fourth-order valence-electron chi connectivity index (χ4n) is 11.7. The lowest BCUT2D eigenvalue weighted by atomic mass is 9.60. The average molecular weight is 1020 g/mol. The van der Waals surface area contributed by atoms with Gasteiger partial charge in [0.05, 0.1) is 11.4 Å². The van der Waals surface area contributed by atoms with E-state index in [4.69, 9.17) is 29.9 Å². The van der Waals surface area contributed by atoms with Crippen LogP contribution in [-0.4, -0.2) is 39.9 Å². The molecule has 8 heteroatoms. The van der Waals surface area contributed by atoms with Gasteiger partial charge in [-0.2, -0.15) is 0 Å². The molecule has 0 spiro atoms. The summed E-state index contributed by atoms with van der Waals surface area (Å²) in [5.41, 5.74) is 21.7.